The first-order valence-electron chi connectivity index (χ1n) is 12.0. The van der Waals surface area contributed by atoms with Crippen LogP contribution in [0.1, 0.15) is 57.0 Å². The summed E-state index contributed by atoms with van der Waals surface area (Å²) in [4.78, 5) is 32.3. The summed E-state index contributed by atoms with van der Waals surface area (Å²) in [6, 6.07) is 17.8. The van der Waals surface area contributed by atoms with E-state index in [9.17, 15) is 9.59 Å². The number of ether oxygens (including phenoxy) is 1. The van der Waals surface area contributed by atoms with Gasteiger partial charge in [0, 0.05) is 15.8 Å². The highest BCUT2D eigenvalue weighted by Crippen LogP contribution is 2.40. The maximum absolute atomic E-state index is 13.7. The number of methoxy groups -OCH3 is 1. The number of nitrogens with one attached hydrogen (secondary N) is 1. The Bertz CT molecular complexity index is 1420. The van der Waals surface area contributed by atoms with Gasteiger partial charge in [-0.05, 0) is 54.9 Å². The number of esters is 1. The standard InChI is InChI=1S/C29H28N2O3S/c1-4-18-10-12-19(13-11-18)24-16-22(20-7-5-6-8-23(20)30-24)27(32)31-28-26(29(33)34-3)21-14-9-17(2)15-25(21)35-28/h5-8,10-13,16-17H,4,9,14-15H2,1-3H3,(H,31,32). The number of hydrogen-bond acceptors (Lipinski definition) is 5. The molecule has 5 rings (SSSR count). The quantitative estimate of drug-likeness (QED) is 0.321. The zero-order valence-corrected chi connectivity index (χ0v) is 21.0. The van der Waals surface area contributed by atoms with E-state index in [0.29, 0.717) is 22.0 Å². The molecule has 1 amide bonds. The fraction of sp³-hybridized carbons (Fsp3) is 0.276. The van der Waals surface area contributed by atoms with Gasteiger partial charge in [0.05, 0.1) is 29.4 Å². The molecule has 0 fully saturated rings. The van der Waals surface area contributed by atoms with Crippen LogP contribution in [0.5, 0.6) is 0 Å². The Morgan fingerprint density at radius 1 is 1.14 bits per heavy atom. The third-order valence-corrected chi connectivity index (χ3v) is 7.92. The van der Waals surface area contributed by atoms with E-state index in [2.05, 4.69) is 31.3 Å². The van der Waals surface area contributed by atoms with Crippen LogP contribution in [0.2, 0.25) is 0 Å². The molecule has 178 valence electrons. The molecule has 0 radical (unpaired) electrons. The number of rotatable bonds is 5. The molecule has 0 aliphatic heterocycles. The smallest absolute Gasteiger partial charge is 0.341 e. The van der Waals surface area contributed by atoms with Crippen molar-refractivity contribution in [3.05, 3.63) is 81.7 Å². The number of hydrogen-bond donors (Lipinski definition) is 1. The average molecular weight is 485 g/mol. The number of anilines is 1. The minimum absolute atomic E-state index is 0.258. The zero-order valence-electron chi connectivity index (χ0n) is 20.2. The topological polar surface area (TPSA) is 68.3 Å². The molecule has 1 aliphatic rings. The number of benzene rings is 2. The van der Waals surface area contributed by atoms with Crippen molar-refractivity contribution in [2.45, 2.75) is 39.5 Å². The fourth-order valence-corrected chi connectivity index (χ4v) is 6.14. The minimum Gasteiger partial charge on any atom is -0.465 e. The zero-order chi connectivity index (χ0) is 24.5. The van der Waals surface area contributed by atoms with E-state index in [-0.39, 0.29) is 5.91 Å². The SMILES string of the molecule is CCc1ccc(-c2cc(C(=O)Nc3sc4c(c3C(=O)OC)CCC(C)C4)c3ccccc3n2)cc1. The van der Waals surface area contributed by atoms with Crippen LogP contribution in [0.15, 0.2) is 54.6 Å². The number of carbonyl (C=O) groups excluding carboxylic acids is 2. The molecule has 0 spiro atoms. The normalized spacial score (nSPS) is 15.0. The number of aromatic nitrogens is 1. The van der Waals surface area contributed by atoms with Crippen molar-refractivity contribution in [3.8, 4) is 11.3 Å². The Morgan fingerprint density at radius 3 is 2.66 bits per heavy atom. The Labute approximate surface area is 209 Å². The van der Waals surface area contributed by atoms with Crippen molar-refractivity contribution >= 4 is 39.1 Å². The third kappa shape index (κ3) is 4.46. The third-order valence-electron chi connectivity index (χ3n) is 6.75. The van der Waals surface area contributed by atoms with Gasteiger partial charge in [-0.1, -0.05) is 56.3 Å². The summed E-state index contributed by atoms with van der Waals surface area (Å²) in [6.45, 7) is 4.34. The molecule has 0 saturated carbocycles. The molecule has 0 saturated heterocycles. The lowest BCUT2D eigenvalue weighted by atomic mass is 9.88. The van der Waals surface area contributed by atoms with Crippen LogP contribution in [0.3, 0.4) is 0 Å². The molecule has 1 unspecified atom stereocenters. The Balaban J connectivity index is 1.57. The van der Waals surface area contributed by atoms with Gasteiger partial charge < -0.3 is 10.1 Å². The number of nitrogens with zero attached hydrogens (tertiary/aromatic N) is 1. The molecule has 6 heteroatoms. The van der Waals surface area contributed by atoms with E-state index in [1.54, 1.807) is 0 Å². The van der Waals surface area contributed by atoms with Crippen molar-refractivity contribution in [2.75, 3.05) is 12.4 Å². The minimum atomic E-state index is -0.399. The molecule has 4 aromatic rings. The monoisotopic (exact) mass is 484 g/mol. The van der Waals surface area contributed by atoms with Gasteiger partial charge in [0.15, 0.2) is 0 Å². The Hall–Kier alpha value is -3.51. The van der Waals surface area contributed by atoms with Crippen molar-refractivity contribution in [1.29, 1.82) is 0 Å². The largest absolute Gasteiger partial charge is 0.465 e. The van der Waals surface area contributed by atoms with Crippen LogP contribution in [-0.2, 0) is 24.0 Å². The molecule has 35 heavy (non-hydrogen) atoms. The van der Waals surface area contributed by atoms with E-state index in [4.69, 9.17) is 9.72 Å². The van der Waals surface area contributed by atoms with Gasteiger partial charge in [0.25, 0.3) is 5.91 Å². The highest BCUT2D eigenvalue weighted by atomic mass is 32.1. The number of carbonyl (C=O) groups is 2. The summed E-state index contributed by atoms with van der Waals surface area (Å²) < 4.78 is 5.09. The van der Waals surface area contributed by atoms with Gasteiger partial charge >= 0.3 is 5.97 Å². The molecule has 2 heterocycles. The number of thiophene rings is 1. The first kappa shape index (κ1) is 23.2. The van der Waals surface area contributed by atoms with Gasteiger partial charge in [-0.15, -0.1) is 11.3 Å². The van der Waals surface area contributed by atoms with Crippen LogP contribution < -0.4 is 5.32 Å². The Morgan fingerprint density at radius 2 is 1.91 bits per heavy atom. The Kier molecular flexibility index (Phi) is 6.39. The highest BCUT2D eigenvalue weighted by Gasteiger charge is 2.29. The number of para-hydroxylation sites is 1. The van der Waals surface area contributed by atoms with Crippen molar-refractivity contribution in [2.24, 2.45) is 5.92 Å². The van der Waals surface area contributed by atoms with Gasteiger partial charge in [-0.25, -0.2) is 9.78 Å². The van der Waals surface area contributed by atoms with Crippen LogP contribution in [-0.4, -0.2) is 24.0 Å². The maximum atomic E-state index is 13.7. The molecule has 5 nitrogen and oxygen atoms in total. The van der Waals surface area contributed by atoms with E-state index < -0.39 is 5.97 Å². The number of amides is 1. The summed E-state index contributed by atoms with van der Waals surface area (Å²) in [5.41, 5.74) is 5.75. The van der Waals surface area contributed by atoms with Gasteiger partial charge in [-0.2, -0.15) is 0 Å². The summed E-state index contributed by atoms with van der Waals surface area (Å²) in [7, 11) is 1.38. The maximum Gasteiger partial charge on any atom is 0.341 e. The predicted molar refractivity (Wildman–Crippen MR) is 141 cm³/mol. The first-order valence-corrected chi connectivity index (χ1v) is 12.8. The summed E-state index contributed by atoms with van der Waals surface area (Å²) >= 11 is 1.49. The average Bonchev–Trinajstić information content (AvgIpc) is 3.24. The van der Waals surface area contributed by atoms with E-state index in [0.717, 1.165) is 58.3 Å². The number of aryl methyl sites for hydroxylation is 1. The summed E-state index contributed by atoms with van der Waals surface area (Å²) in [6.07, 6.45) is 3.72. The highest BCUT2D eigenvalue weighted by molar-refractivity contribution is 7.17. The van der Waals surface area contributed by atoms with Crippen molar-refractivity contribution in [3.63, 3.8) is 0 Å². The molecule has 2 aromatic heterocycles. The molecule has 1 aliphatic carbocycles. The lowest BCUT2D eigenvalue weighted by Gasteiger charge is -2.18. The van der Waals surface area contributed by atoms with E-state index in [1.807, 2.05) is 42.5 Å². The molecular formula is C29H28N2O3S. The van der Waals surface area contributed by atoms with E-state index >= 15 is 0 Å². The fourth-order valence-electron chi connectivity index (χ4n) is 4.75. The molecule has 2 aromatic carbocycles. The molecule has 0 bridgehead atoms. The molecular weight excluding hydrogens is 456 g/mol. The van der Waals surface area contributed by atoms with Gasteiger partial charge in [0.2, 0.25) is 0 Å². The van der Waals surface area contributed by atoms with Crippen molar-refractivity contribution in [1.82, 2.24) is 4.98 Å². The van der Waals surface area contributed by atoms with Crippen LogP contribution in [0.25, 0.3) is 22.2 Å². The predicted octanol–water partition coefficient (Wildman–Crippen LogP) is 6.69. The molecule has 1 N–H and O–H groups in total. The second-order valence-corrected chi connectivity index (χ2v) is 10.2. The van der Waals surface area contributed by atoms with Crippen molar-refractivity contribution < 1.29 is 14.3 Å². The van der Waals surface area contributed by atoms with E-state index in [1.165, 1.54) is 24.0 Å². The number of fused-ring (bicyclic) bond motifs is 2. The van der Waals surface area contributed by atoms with Gasteiger partial charge in [0.1, 0.15) is 5.00 Å². The van der Waals surface area contributed by atoms with Crippen LogP contribution >= 0.6 is 11.3 Å². The first-order chi connectivity index (χ1) is 17.0. The molecule has 1 atom stereocenters. The summed E-state index contributed by atoms with van der Waals surface area (Å²) in [5.74, 6) is -0.100. The second-order valence-electron chi connectivity index (χ2n) is 9.12. The lowest BCUT2D eigenvalue weighted by molar-refractivity contribution is 0.0601. The second kappa shape index (κ2) is 9.62. The number of pyridine rings is 1. The van der Waals surface area contributed by atoms with Gasteiger partial charge in [-0.3, -0.25) is 4.79 Å². The van der Waals surface area contributed by atoms with Crippen LogP contribution in [0.4, 0.5) is 5.00 Å². The summed E-state index contributed by atoms with van der Waals surface area (Å²) in [5, 5.41) is 4.39. The lowest BCUT2D eigenvalue weighted by Crippen LogP contribution is -2.16. The van der Waals surface area contributed by atoms with Crippen LogP contribution in [0, 0.1) is 5.92 Å².